The maximum atomic E-state index is 3.52. The molecule has 0 aliphatic heterocycles. The van der Waals surface area contributed by atoms with Crippen molar-refractivity contribution >= 4 is 28.1 Å². The summed E-state index contributed by atoms with van der Waals surface area (Å²) in [7, 11) is 0. The molecule has 0 nitrogen and oxygen atoms in total. The largest absolute Gasteiger partial charge is 0.0619 e. The molecule has 0 spiro atoms. The molecule has 0 heterocycles. The summed E-state index contributed by atoms with van der Waals surface area (Å²) >= 11 is 3.52. The highest BCUT2D eigenvalue weighted by Gasteiger charge is 2.08. The molecule has 2 aromatic carbocycles. The molecule has 0 aromatic heterocycles. The number of benzene rings is 2. The topological polar surface area (TPSA) is 0 Å². The van der Waals surface area contributed by atoms with Gasteiger partial charge in [0.2, 0.25) is 0 Å². The van der Waals surface area contributed by atoms with Crippen LogP contribution in [0.3, 0.4) is 0 Å². The highest BCUT2D eigenvalue weighted by molar-refractivity contribution is 9.10. The van der Waals surface area contributed by atoms with E-state index in [4.69, 9.17) is 0 Å². The Morgan fingerprint density at radius 1 is 0.812 bits per heavy atom. The molecule has 78 valence electrons. The van der Waals surface area contributed by atoms with Crippen LogP contribution in [0.2, 0.25) is 0 Å². The van der Waals surface area contributed by atoms with Crippen molar-refractivity contribution in [2.24, 2.45) is 0 Å². The van der Waals surface area contributed by atoms with E-state index in [0.29, 0.717) is 0 Å². The van der Waals surface area contributed by atoms with E-state index in [1.165, 1.54) is 22.3 Å². The summed E-state index contributed by atoms with van der Waals surface area (Å²) in [5, 5.41) is 0. The van der Waals surface area contributed by atoms with Crippen LogP contribution in [-0.4, -0.2) is 0 Å². The highest BCUT2D eigenvalue weighted by atomic mass is 79.9. The Morgan fingerprint density at radius 3 is 2.50 bits per heavy atom. The number of rotatable bonds is 0. The lowest BCUT2D eigenvalue weighted by atomic mass is 10.0. The molecule has 1 aliphatic carbocycles. The number of hydrogen-bond acceptors (Lipinski definition) is 0. The lowest BCUT2D eigenvalue weighted by Crippen LogP contribution is -1.91. The third-order valence-corrected chi connectivity index (χ3v) is 3.48. The molecule has 1 heteroatoms. The van der Waals surface area contributed by atoms with Crippen LogP contribution in [0.25, 0.3) is 12.2 Å². The summed E-state index contributed by atoms with van der Waals surface area (Å²) in [5.74, 6) is 0. The van der Waals surface area contributed by atoms with E-state index in [1.54, 1.807) is 0 Å². The molecule has 0 atom stereocenters. The number of hydrogen-bond donors (Lipinski definition) is 0. The first-order chi connectivity index (χ1) is 7.83. The Labute approximate surface area is 104 Å². The Kier molecular flexibility index (Phi) is 2.41. The predicted molar refractivity (Wildman–Crippen MR) is 72.3 cm³/mol. The minimum absolute atomic E-state index is 1.02. The fraction of sp³-hybridized carbons (Fsp3) is 0.0667. The third-order valence-electron chi connectivity index (χ3n) is 2.99. The van der Waals surface area contributed by atoms with E-state index in [2.05, 4.69) is 70.5 Å². The minimum Gasteiger partial charge on any atom is -0.0619 e. The first-order valence-electron chi connectivity index (χ1n) is 5.37. The molecule has 0 unspecified atom stereocenters. The molecule has 0 saturated heterocycles. The Hall–Kier alpha value is -1.34. The van der Waals surface area contributed by atoms with Crippen molar-refractivity contribution in [3.8, 4) is 0 Å². The molecule has 2 aromatic rings. The fourth-order valence-electron chi connectivity index (χ4n) is 2.12. The van der Waals surface area contributed by atoms with Crippen LogP contribution in [0.4, 0.5) is 0 Å². The maximum Gasteiger partial charge on any atom is 0.0181 e. The van der Waals surface area contributed by atoms with Gasteiger partial charge in [0.25, 0.3) is 0 Å². The van der Waals surface area contributed by atoms with Crippen LogP contribution in [-0.2, 0) is 6.42 Å². The molecular weight excluding hydrogens is 260 g/mol. The third kappa shape index (κ3) is 1.72. The van der Waals surface area contributed by atoms with Gasteiger partial charge in [-0.3, -0.25) is 0 Å². The Morgan fingerprint density at radius 2 is 1.56 bits per heavy atom. The zero-order valence-electron chi connectivity index (χ0n) is 8.78. The van der Waals surface area contributed by atoms with Crippen LogP contribution in [0.1, 0.15) is 22.3 Å². The van der Waals surface area contributed by atoms with E-state index in [0.717, 1.165) is 10.9 Å². The van der Waals surface area contributed by atoms with Crippen molar-refractivity contribution in [2.45, 2.75) is 6.42 Å². The van der Waals surface area contributed by atoms with Gasteiger partial charge in [0.15, 0.2) is 0 Å². The summed E-state index contributed by atoms with van der Waals surface area (Å²) < 4.78 is 1.14. The summed E-state index contributed by atoms with van der Waals surface area (Å²) in [4.78, 5) is 0. The predicted octanol–water partition coefficient (Wildman–Crippen LogP) is 4.52. The quantitative estimate of drug-likeness (QED) is 0.563. The van der Waals surface area contributed by atoms with Crippen molar-refractivity contribution in [3.05, 3.63) is 69.2 Å². The second-order valence-corrected chi connectivity index (χ2v) is 4.97. The molecule has 0 radical (unpaired) electrons. The lowest BCUT2D eigenvalue weighted by molar-refractivity contribution is 1.18. The van der Waals surface area contributed by atoms with Crippen molar-refractivity contribution in [2.75, 3.05) is 0 Å². The van der Waals surface area contributed by atoms with E-state index in [9.17, 15) is 0 Å². The van der Waals surface area contributed by atoms with Gasteiger partial charge in [0.05, 0.1) is 0 Å². The Bertz CT molecular complexity index is 567. The minimum atomic E-state index is 1.02. The zero-order valence-corrected chi connectivity index (χ0v) is 10.4. The van der Waals surface area contributed by atoms with Crippen molar-refractivity contribution in [1.29, 1.82) is 0 Å². The summed E-state index contributed by atoms with van der Waals surface area (Å²) in [5.41, 5.74) is 5.43. The van der Waals surface area contributed by atoms with Crippen molar-refractivity contribution in [3.63, 3.8) is 0 Å². The van der Waals surface area contributed by atoms with E-state index in [1.807, 2.05) is 0 Å². The smallest absolute Gasteiger partial charge is 0.0181 e. The molecule has 0 amide bonds. The van der Waals surface area contributed by atoms with Gasteiger partial charge in [0.1, 0.15) is 0 Å². The Balaban J connectivity index is 2.17. The molecular formula is C15H11Br. The normalized spacial score (nSPS) is 12.8. The monoisotopic (exact) mass is 270 g/mol. The van der Waals surface area contributed by atoms with Crippen LogP contribution in [0.15, 0.2) is 46.9 Å². The second kappa shape index (κ2) is 3.91. The van der Waals surface area contributed by atoms with Gasteiger partial charge in [-0.05, 0) is 40.8 Å². The average molecular weight is 271 g/mol. The van der Waals surface area contributed by atoms with Gasteiger partial charge in [-0.15, -0.1) is 0 Å². The molecule has 0 fully saturated rings. The number of fused-ring (bicyclic) bond motifs is 2. The SMILES string of the molecule is Brc1ccc2c(c1)C=Cc1ccccc1C2. The maximum absolute atomic E-state index is 3.52. The van der Waals surface area contributed by atoms with Gasteiger partial charge in [0, 0.05) is 4.47 Å². The fourth-order valence-corrected chi connectivity index (χ4v) is 2.50. The standard InChI is InChI=1S/C15H11Br/c16-15-8-7-13-9-12-4-2-1-3-11(12)5-6-14(13)10-15/h1-8,10H,9H2. The molecule has 0 saturated carbocycles. The van der Waals surface area contributed by atoms with E-state index in [-0.39, 0.29) is 0 Å². The number of halogens is 1. The summed E-state index contributed by atoms with van der Waals surface area (Å²) in [6.07, 6.45) is 5.42. The van der Waals surface area contributed by atoms with Gasteiger partial charge in [-0.1, -0.05) is 58.4 Å². The van der Waals surface area contributed by atoms with Gasteiger partial charge in [-0.25, -0.2) is 0 Å². The molecule has 3 rings (SSSR count). The molecule has 16 heavy (non-hydrogen) atoms. The van der Waals surface area contributed by atoms with Crippen molar-refractivity contribution < 1.29 is 0 Å². The van der Waals surface area contributed by atoms with Gasteiger partial charge >= 0.3 is 0 Å². The average Bonchev–Trinajstić information content (AvgIpc) is 2.48. The highest BCUT2D eigenvalue weighted by Crippen LogP contribution is 2.26. The first kappa shape index (κ1) is 9.86. The first-order valence-corrected chi connectivity index (χ1v) is 6.17. The zero-order chi connectivity index (χ0) is 11.0. The van der Waals surface area contributed by atoms with Crippen LogP contribution < -0.4 is 0 Å². The molecule has 0 N–H and O–H groups in total. The van der Waals surface area contributed by atoms with Gasteiger partial charge in [-0.2, -0.15) is 0 Å². The lowest BCUT2D eigenvalue weighted by Gasteiger charge is -2.06. The van der Waals surface area contributed by atoms with Crippen LogP contribution in [0, 0.1) is 0 Å². The van der Waals surface area contributed by atoms with Gasteiger partial charge < -0.3 is 0 Å². The second-order valence-electron chi connectivity index (χ2n) is 4.05. The summed E-state index contributed by atoms with van der Waals surface area (Å²) in [6, 6.07) is 15.1. The van der Waals surface area contributed by atoms with E-state index >= 15 is 0 Å². The molecule has 1 aliphatic rings. The summed E-state index contributed by atoms with van der Waals surface area (Å²) in [6.45, 7) is 0. The van der Waals surface area contributed by atoms with Crippen LogP contribution in [0.5, 0.6) is 0 Å². The molecule has 0 bridgehead atoms. The van der Waals surface area contributed by atoms with Crippen LogP contribution >= 0.6 is 15.9 Å². The van der Waals surface area contributed by atoms with Crippen molar-refractivity contribution in [1.82, 2.24) is 0 Å². The van der Waals surface area contributed by atoms with E-state index < -0.39 is 0 Å².